The zero-order valence-corrected chi connectivity index (χ0v) is 12.1. The molecule has 0 aliphatic carbocycles. The van der Waals surface area contributed by atoms with E-state index in [9.17, 15) is 9.90 Å². The fraction of sp³-hybridized carbons (Fsp3) is 0.267. The molecule has 0 aliphatic rings. The van der Waals surface area contributed by atoms with Crippen LogP contribution < -0.4 is 10.6 Å². The highest BCUT2D eigenvalue weighted by Crippen LogP contribution is 2.22. The van der Waals surface area contributed by atoms with Gasteiger partial charge >= 0.3 is 0 Å². The highest BCUT2D eigenvalue weighted by molar-refractivity contribution is 7.10. The number of carbonyl (C=O) groups is 1. The van der Waals surface area contributed by atoms with Gasteiger partial charge in [0, 0.05) is 24.9 Å². The zero-order valence-electron chi connectivity index (χ0n) is 11.3. The lowest BCUT2D eigenvalue weighted by Crippen LogP contribution is -2.21. The van der Waals surface area contributed by atoms with Gasteiger partial charge in [-0.15, -0.1) is 11.3 Å². The van der Waals surface area contributed by atoms with Crippen molar-refractivity contribution in [1.82, 2.24) is 5.32 Å². The molecule has 1 aromatic carbocycles. The van der Waals surface area contributed by atoms with Crippen molar-refractivity contribution in [3.05, 3.63) is 52.2 Å². The van der Waals surface area contributed by atoms with E-state index in [-0.39, 0.29) is 5.91 Å². The molecule has 0 saturated carbocycles. The summed E-state index contributed by atoms with van der Waals surface area (Å²) < 4.78 is 0. The van der Waals surface area contributed by atoms with E-state index >= 15 is 0 Å². The van der Waals surface area contributed by atoms with Crippen molar-refractivity contribution in [3.63, 3.8) is 0 Å². The lowest BCUT2D eigenvalue weighted by atomic mass is 10.1. The minimum atomic E-state index is -0.527. The summed E-state index contributed by atoms with van der Waals surface area (Å²) in [7, 11) is 0. The molecule has 20 heavy (non-hydrogen) atoms. The Labute approximate surface area is 122 Å². The molecule has 2 aromatic rings. The van der Waals surface area contributed by atoms with Crippen molar-refractivity contribution in [3.8, 4) is 0 Å². The summed E-state index contributed by atoms with van der Waals surface area (Å²) in [5.41, 5.74) is 1.73. The van der Waals surface area contributed by atoms with E-state index in [1.807, 2.05) is 41.8 Å². The molecule has 5 heteroatoms. The largest absolute Gasteiger partial charge is 0.387 e. The maximum atomic E-state index is 11.1. The Morgan fingerprint density at radius 1 is 1.30 bits per heavy atom. The summed E-state index contributed by atoms with van der Waals surface area (Å²) in [5, 5.41) is 18.0. The Balaban J connectivity index is 1.84. The third-order valence-corrected chi connectivity index (χ3v) is 3.78. The van der Waals surface area contributed by atoms with Gasteiger partial charge in [0.25, 0.3) is 0 Å². The van der Waals surface area contributed by atoms with Gasteiger partial charge in [-0.2, -0.15) is 0 Å². The van der Waals surface area contributed by atoms with Crippen LogP contribution in [-0.4, -0.2) is 17.6 Å². The van der Waals surface area contributed by atoms with Gasteiger partial charge in [0.1, 0.15) is 0 Å². The molecule has 3 N–H and O–H groups in total. The van der Waals surface area contributed by atoms with Crippen LogP contribution in [0.3, 0.4) is 0 Å². The van der Waals surface area contributed by atoms with E-state index in [4.69, 9.17) is 0 Å². The maximum absolute atomic E-state index is 11.1. The van der Waals surface area contributed by atoms with Crippen LogP contribution in [0.1, 0.15) is 23.5 Å². The molecular formula is C15H18N2O2S. The molecule has 0 bridgehead atoms. The van der Waals surface area contributed by atoms with Crippen LogP contribution in [0.15, 0.2) is 41.8 Å². The lowest BCUT2D eigenvalue weighted by molar-refractivity contribution is -0.114. The Kier molecular flexibility index (Phi) is 5.29. The summed E-state index contributed by atoms with van der Waals surface area (Å²) in [6.45, 7) is 2.59. The van der Waals surface area contributed by atoms with Crippen molar-refractivity contribution in [2.75, 3.05) is 11.9 Å². The molecule has 2 rings (SSSR count). The highest BCUT2D eigenvalue weighted by atomic mass is 32.1. The van der Waals surface area contributed by atoms with Crippen molar-refractivity contribution in [2.45, 2.75) is 19.6 Å². The molecule has 1 unspecified atom stereocenters. The van der Waals surface area contributed by atoms with Crippen LogP contribution in [0.4, 0.5) is 5.69 Å². The number of amides is 1. The first-order chi connectivity index (χ1) is 9.66. The van der Waals surface area contributed by atoms with Crippen LogP contribution in [-0.2, 0) is 11.3 Å². The second kappa shape index (κ2) is 7.19. The Hall–Kier alpha value is -1.69. The van der Waals surface area contributed by atoms with Gasteiger partial charge in [-0.25, -0.2) is 0 Å². The van der Waals surface area contributed by atoms with Gasteiger partial charge < -0.3 is 15.7 Å². The van der Waals surface area contributed by atoms with Crippen LogP contribution in [0, 0.1) is 0 Å². The number of hydrogen-bond acceptors (Lipinski definition) is 4. The Morgan fingerprint density at radius 3 is 2.75 bits per heavy atom. The first kappa shape index (κ1) is 14.7. The molecule has 0 saturated heterocycles. The van der Waals surface area contributed by atoms with E-state index in [0.29, 0.717) is 13.1 Å². The van der Waals surface area contributed by atoms with E-state index in [2.05, 4.69) is 10.6 Å². The smallest absolute Gasteiger partial charge is 0.221 e. The van der Waals surface area contributed by atoms with Crippen molar-refractivity contribution < 1.29 is 9.90 Å². The maximum Gasteiger partial charge on any atom is 0.221 e. The first-order valence-corrected chi connectivity index (χ1v) is 7.32. The van der Waals surface area contributed by atoms with Crippen molar-refractivity contribution in [1.29, 1.82) is 0 Å². The number of hydrogen-bond donors (Lipinski definition) is 3. The zero-order chi connectivity index (χ0) is 14.4. The second-order valence-electron chi connectivity index (χ2n) is 4.50. The summed E-state index contributed by atoms with van der Waals surface area (Å²) in [4.78, 5) is 12.1. The van der Waals surface area contributed by atoms with E-state index in [1.165, 1.54) is 6.92 Å². The van der Waals surface area contributed by atoms with E-state index in [0.717, 1.165) is 16.1 Å². The molecular weight excluding hydrogens is 272 g/mol. The molecule has 0 fully saturated rings. The minimum Gasteiger partial charge on any atom is -0.387 e. The number of aliphatic hydroxyl groups is 1. The fourth-order valence-corrected chi connectivity index (χ4v) is 2.69. The van der Waals surface area contributed by atoms with Crippen molar-refractivity contribution in [2.24, 2.45) is 0 Å². The Bertz CT molecular complexity index is 554. The summed E-state index contributed by atoms with van der Waals surface area (Å²) in [6.07, 6.45) is -0.527. The molecule has 1 atom stereocenters. The number of rotatable bonds is 6. The van der Waals surface area contributed by atoms with E-state index in [1.54, 1.807) is 11.3 Å². The predicted molar refractivity (Wildman–Crippen MR) is 81.7 cm³/mol. The number of nitrogens with one attached hydrogen (secondary N) is 2. The third-order valence-electron chi connectivity index (χ3n) is 2.86. The third kappa shape index (κ3) is 4.16. The summed E-state index contributed by atoms with van der Waals surface area (Å²) in [6, 6.07) is 11.4. The summed E-state index contributed by atoms with van der Waals surface area (Å²) in [5.74, 6) is -0.0750. The summed E-state index contributed by atoms with van der Waals surface area (Å²) >= 11 is 1.58. The standard InChI is InChI=1S/C15H18N2O2S/c1-11(18)17-13-7-8-20-15(13)10-16-9-14(19)12-5-3-2-4-6-12/h2-8,14,16,19H,9-10H2,1H3,(H,17,18). The van der Waals surface area contributed by atoms with Gasteiger partial charge in [0.15, 0.2) is 0 Å². The molecule has 0 spiro atoms. The molecule has 1 aromatic heterocycles. The van der Waals surface area contributed by atoms with Crippen LogP contribution >= 0.6 is 11.3 Å². The quantitative estimate of drug-likeness (QED) is 0.766. The van der Waals surface area contributed by atoms with Gasteiger partial charge in [-0.05, 0) is 17.0 Å². The fourth-order valence-electron chi connectivity index (χ4n) is 1.89. The molecule has 0 aliphatic heterocycles. The minimum absolute atomic E-state index is 0.0750. The molecule has 106 valence electrons. The van der Waals surface area contributed by atoms with Gasteiger partial charge in [0.05, 0.1) is 11.8 Å². The first-order valence-electron chi connectivity index (χ1n) is 6.44. The number of aliphatic hydroxyl groups excluding tert-OH is 1. The predicted octanol–water partition coefficient (Wildman–Crippen LogP) is 2.53. The molecule has 1 heterocycles. The van der Waals surface area contributed by atoms with E-state index < -0.39 is 6.10 Å². The Morgan fingerprint density at radius 2 is 2.05 bits per heavy atom. The number of thiophene rings is 1. The normalized spacial score (nSPS) is 12.1. The van der Waals surface area contributed by atoms with Crippen LogP contribution in [0.2, 0.25) is 0 Å². The number of carbonyl (C=O) groups excluding carboxylic acids is 1. The molecule has 4 nitrogen and oxygen atoms in total. The van der Waals surface area contributed by atoms with Gasteiger partial charge in [-0.3, -0.25) is 4.79 Å². The second-order valence-corrected chi connectivity index (χ2v) is 5.50. The SMILES string of the molecule is CC(=O)Nc1ccsc1CNCC(O)c1ccccc1. The average Bonchev–Trinajstić information content (AvgIpc) is 2.86. The lowest BCUT2D eigenvalue weighted by Gasteiger charge is -2.12. The number of anilines is 1. The molecule has 0 radical (unpaired) electrons. The highest BCUT2D eigenvalue weighted by Gasteiger charge is 2.08. The van der Waals surface area contributed by atoms with Crippen molar-refractivity contribution >= 4 is 22.9 Å². The van der Waals surface area contributed by atoms with Gasteiger partial charge in [-0.1, -0.05) is 30.3 Å². The van der Waals surface area contributed by atoms with Gasteiger partial charge in [0.2, 0.25) is 5.91 Å². The topological polar surface area (TPSA) is 61.4 Å². The number of benzene rings is 1. The van der Waals surface area contributed by atoms with Crippen LogP contribution in [0.5, 0.6) is 0 Å². The molecule has 1 amide bonds. The average molecular weight is 290 g/mol. The monoisotopic (exact) mass is 290 g/mol. The van der Waals surface area contributed by atoms with Crippen LogP contribution in [0.25, 0.3) is 0 Å².